The predicted molar refractivity (Wildman–Crippen MR) is 133 cm³/mol. The van der Waals surface area contributed by atoms with E-state index in [-0.39, 0.29) is 10.7 Å². The van der Waals surface area contributed by atoms with Crippen molar-refractivity contribution in [1.82, 2.24) is 0 Å². The minimum Gasteiger partial charge on any atom is -0.423 e. The van der Waals surface area contributed by atoms with Gasteiger partial charge in [0.1, 0.15) is 16.5 Å². The van der Waals surface area contributed by atoms with Crippen LogP contribution in [0.25, 0.3) is 0 Å². The van der Waals surface area contributed by atoms with Crippen molar-refractivity contribution in [3.05, 3.63) is 98.7 Å². The van der Waals surface area contributed by atoms with Crippen molar-refractivity contribution in [1.29, 1.82) is 0 Å². The highest BCUT2D eigenvalue weighted by Gasteiger charge is 2.38. The number of nitrogens with one attached hydrogen (secondary N) is 1. The summed E-state index contributed by atoms with van der Waals surface area (Å²) in [6, 6.07) is 16.4. The number of esters is 1. The molecule has 0 fully saturated rings. The molecule has 8 heteroatoms. The van der Waals surface area contributed by atoms with Crippen molar-refractivity contribution in [3.8, 4) is 5.75 Å². The molecule has 0 spiro atoms. The minimum atomic E-state index is -0.638. The molecule has 3 aromatic carbocycles. The summed E-state index contributed by atoms with van der Waals surface area (Å²) in [7, 11) is 0. The Labute approximate surface area is 206 Å². The predicted octanol–water partition coefficient (Wildman–Crippen LogP) is 5.92. The Bertz CT molecular complexity index is 1350. The number of imide groups is 1. The normalized spacial score (nSPS) is 13.5. The van der Waals surface area contributed by atoms with E-state index in [4.69, 9.17) is 27.9 Å². The molecule has 3 aromatic rings. The van der Waals surface area contributed by atoms with Gasteiger partial charge in [-0.3, -0.25) is 9.59 Å². The van der Waals surface area contributed by atoms with E-state index in [2.05, 4.69) is 5.32 Å². The Morgan fingerprint density at radius 2 is 1.53 bits per heavy atom. The van der Waals surface area contributed by atoms with E-state index in [0.29, 0.717) is 27.7 Å². The molecule has 0 bridgehead atoms. The lowest BCUT2D eigenvalue weighted by Gasteiger charge is -2.15. The van der Waals surface area contributed by atoms with Gasteiger partial charge >= 0.3 is 5.97 Å². The number of aryl methyl sites for hydroxylation is 2. The summed E-state index contributed by atoms with van der Waals surface area (Å²) < 4.78 is 5.58. The molecule has 1 aliphatic heterocycles. The van der Waals surface area contributed by atoms with E-state index < -0.39 is 17.8 Å². The van der Waals surface area contributed by atoms with E-state index in [9.17, 15) is 14.4 Å². The van der Waals surface area contributed by atoms with E-state index in [1.165, 1.54) is 0 Å². The molecule has 1 heterocycles. The Morgan fingerprint density at radius 3 is 2.18 bits per heavy atom. The SMILES string of the molecule is Cc1cc(C)c(C)c(OC(=O)c2ccc(NC3=C(Cl)C(=O)N(c4ccc(Cl)cc4)C3=O)cc2)c1. The summed E-state index contributed by atoms with van der Waals surface area (Å²) in [5.74, 6) is -1.22. The third kappa shape index (κ3) is 4.55. The van der Waals surface area contributed by atoms with E-state index in [0.717, 1.165) is 21.6 Å². The average molecular weight is 495 g/mol. The van der Waals surface area contributed by atoms with E-state index >= 15 is 0 Å². The number of carbonyl (C=O) groups excluding carboxylic acids is 3. The first-order valence-corrected chi connectivity index (χ1v) is 11.1. The van der Waals surface area contributed by atoms with Gasteiger partial charge in [0.05, 0.1) is 11.3 Å². The molecule has 1 N–H and O–H groups in total. The highest BCUT2D eigenvalue weighted by Crippen LogP contribution is 2.31. The third-order valence-electron chi connectivity index (χ3n) is 5.47. The Kier molecular flexibility index (Phi) is 6.46. The number of nitrogens with zero attached hydrogens (tertiary/aromatic N) is 1. The van der Waals surface area contributed by atoms with Gasteiger partial charge in [0.25, 0.3) is 11.8 Å². The number of rotatable bonds is 5. The third-order valence-corrected chi connectivity index (χ3v) is 6.07. The van der Waals surface area contributed by atoms with Crippen molar-refractivity contribution >= 4 is 52.4 Å². The fourth-order valence-electron chi connectivity index (χ4n) is 3.54. The molecule has 0 aliphatic carbocycles. The second-order valence-electron chi connectivity index (χ2n) is 7.91. The first-order valence-electron chi connectivity index (χ1n) is 10.4. The Morgan fingerprint density at radius 1 is 0.882 bits per heavy atom. The molecule has 1 aliphatic rings. The molecular formula is C26H20Cl2N2O4. The van der Waals surface area contributed by atoms with Crippen molar-refractivity contribution in [2.75, 3.05) is 10.2 Å². The van der Waals surface area contributed by atoms with Gasteiger partial charge in [-0.2, -0.15) is 0 Å². The number of halogens is 2. The number of hydrogen-bond acceptors (Lipinski definition) is 5. The van der Waals surface area contributed by atoms with Crippen LogP contribution in [0.15, 0.2) is 71.4 Å². The summed E-state index contributed by atoms with van der Waals surface area (Å²) >= 11 is 12.1. The van der Waals surface area contributed by atoms with Crippen LogP contribution in [0.2, 0.25) is 5.02 Å². The van der Waals surface area contributed by atoms with E-state index in [1.807, 2.05) is 32.9 Å². The molecule has 4 rings (SSSR count). The molecule has 0 radical (unpaired) electrons. The van der Waals surface area contributed by atoms with Gasteiger partial charge in [0.2, 0.25) is 0 Å². The van der Waals surface area contributed by atoms with Crippen LogP contribution in [0.3, 0.4) is 0 Å². The maximum Gasteiger partial charge on any atom is 0.343 e. The lowest BCUT2D eigenvalue weighted by Crippen LogP contribution is -2.32. The first kappa shape index (κ1) is 23.5. The molecule has 0 aromatic heterocycles. The molecule has 0 atom stereocenters. The van der Waals surface area contributed by atoms with Crippen molar-refractivity contribution in [2.45, 2.75) is 20.8 Å². The maximum atomic E-state index is 12.9. The van der Waals surface area contributed by atoms with Gasteiger partial charge in [-0.15, -0.1) is 0 Å². The molecule has 2 amide bonds. The average Bonchev–Trinajstić information content (AvgIpc) is 3.01. The largest absolute Gasteiger partial charge is 0.423 e. The highest BCUT2D eigenvalue weighted by atomic mass is 35.5. The van der Waals surface area contributed by atoms with Crippen LogP contribution in [0, 0.1) is 20.8 Å². The van der Waals surface area contributed by atoms with Gasteiger partial charge in [0.15, 0.2) is 0 Å². The second kappa shape index (κ2) is 9.33. The topological polar surface area (TPSA) is 75.7 Å². The number of hydrogen-bond donors (Lipinski definition) is 1. The zero-order chi connectivity index (χ0) is 24.6. The monoisotopic (exact) mass is 494 g/mol. The van der Waals surface area contributed by atoms with Crippen LogP contribution < -0.4 is 15.0 Å². The Hall–Kier alpha value is -3.61. The Balaban J connectivity index is 1.49. The molecular weight excluding hydrogens is 475 g/mol. The van der Waals surface area contributed by atoms with Crippen LogP contribution in [0.4, 0.5) is 11.4 Å². The standard InChI is InChI=1S/C26H20Cl2N2O4/c1-14-12-15(2)16(3)21(13-14)34-26(33)17-4-8-19(9-5-17)29-23-22(28)24(31)30(25(23)32)20-10-6-18(27)7-11-20/h4-13,29H,1-3H3. The highest BCUT2D eigenvalue weighted by molar-refractivity contribution is 6.53. The van der Waals surface area contributed by atoms with Crippen molar-refractivity contribution in [2.24, 2.45) is 0 Å². The number of amides is 2. The van der Waals surface area contributed by atoms with Crippen LogP contribution in [0.5, 0.6) is 5.75 Å². The van der Waals surface area contributed by atoms with Crippen LogP contribution >= 0.6 is 23.2 Å². The molecule has 6 nitrogen and oxygen atoms in total. The summed E-state index contributed by atoms with van der Waals surface area (Å²) in [5, 5.41) is 3.13. The molecule has 0 unspecified atom stereocenters. The smallest absolute Gasteiger partial charge is 0.343 e. The van der Waals surface area contributed by atoms with Crippen molar-refractivity contribution in [3.63, 3.8) is 0 Å². The summed E-state index contributed by atoms with van der Waals surface area (Å²) in [6.07, 6.45) is 0. The fourth-order valence-corrected chi connectivity index (χ4v) is 3.87. The number of anilines is 2. The van der Waals surface area contributed by atoms with Crippen LogP contribution in [-0.4, -0.2) is 17.8 Å². The summed E-state index contributed by atoms with van der Waals surface area (Å²) in [6.45, 7) is 5.80. The quantitative estimate of drug-likeness (QED) is 0.270. The van der Waals surface area contributed by atoms with Gasteiger partial charge in [-0.05, 0) is 92.1 Å². The lowest BCUT2D eigenvalue weighted by molar-refractivity contribution is -0.120. The summed E-state index contributed by atoms with van der Waals surface area (Å²) in [5.41, 5.74) is 4.05. The van der Waals surface area contributed by atoms with Crippen LogP contribution in [0.1, 0.15) is 27.0 Å². The molecule has 0 saturated heterocycles. The molecule has 0 saturated carbocycles. The maximum absolute atomic E-state index is 12.9. The minimum absolute atomic E-state index is 0.0530. The number of ether oxygens (including phenoxy) is 1. The van der Waals surface area contributed by atoms with Crippen molar-refractivity contribution < 1.29 is 19.1 Å². The van der Waals surface area contributed by atoms with Gasteiger partial charge in [-0.1, -0.05) is 29.3 Å². The van der Waals surface area contributed by atoms with Gasteiger partial charge in [-0.25, -0.2) is 9.69 Å². The number of benzene rings is 3. The lowest BCUT2D eigenvalue weighted by atomic mass is 10.1. The zero-order valence-corrected chi connectivity index (χ0v) is 20.1. The number of carbonyl (C=O) groups is 3. The van der Waals surface area contributed by atoms with E-state index in [1.54, 1.807) is 48.5 Å². The fraction of sp³-hybridized carbons (Fsp3) is 0.115. The van der Waals surface area contributed by atoms with Gasteiger partial charge in [0, 0.05) is 10.7 Å². The van der Waals surface area contributed by atoms with Crippen LogP contribution in [-0.2, 0) is 9.59 Å². The first-order chi connectivity index (χ1) is 16.2. The zero-order valence-electron chi connectivity index (χ0n) is 18.6. The molecule has 172 valence electrons. The van der Waals surface area contributed by atoms with Gasteiger partial charge < -0.3 is 10.1 Å². The second-order valence-corrected chi connectivity index (χ2v) is 8.72. The summed E-state index contributed by atoms with van der Waals surface area (Å²) in [4.78, 5) is 39.0. The molecule has 34 heavy (non-hydrogen) atoms.